The molecular weight excluding hydrogens is 402 g/mol. The van der Waals surface area contributed by atoms with Crippen LogP contribution < -0.4 is 4.83 Å². The minimum atomic E-state index is -3.75. The van der Waals surface area contributed by atoms with Crippen molar-refractivity contribution >= 4 is 21.6 Å². The third-order valence-electron chi connectivity index (χ3n) is 5.77. The minimum Gasteiger partial charge on any atom is -0.455 e. The summed E-state index contributed by atoms with van der Waals surface area (Å²) in [6.07, 6.45) is 6.46. The second-order valence-electron chi connectivity index (χ2n) is 7.88. The number of hydrogen-bond acceptors (Lipinski definition) is 5. The number of nitrogens with zero attached hydrogens (tertiary/aromatic N) is 2. The van der Waals surface area contributed by atoms with Gasteiger partial charge >= 0.3 is 0 Å². The first-order valence-corrected chi connectivity index (χ1v) is 12.0. The number of carbonyl (C=O) groups excluding carboxylic acids is 1. The first kappa shape index (κ1) is 20.7. The fourth-order valence-corrected chi connectivity index (χ4v) is 5.02. The summed E-state index contributed by atoms with van der Waals surface area (Å²) in [7, 11) is -3.75. The molecular formula is C22H27N3O4S. The highest BCUT2D eigenvalue weighted by atomic mass is 32.2. The van der Waals surface area contributed by atoms with Gasteiger partial charge in [0, 0.05) is 30.6 Å². The zero-order valence-corrected chi connectivity index (χ0v) is 18.0. The van der Waals surface area contributed by atoms with Gasteiger partial charge in [0.05, 0.1) is 10.6 Å². The van der Waals surface area contributed by atoms with Crippen LogP contribution in [0.5, 0.6) is 0 Å². The Labute approximate surface area is 177 Å². The van der Waals surface area contributed by atoms with E-state index in [0.29, 0.717) is 24.3 Å². The highest BCUT2D eigenvalue weighted by Gasteiger charge is 2.30. The van der Waals surface area contributed by atoms with Gasteiger partial charge in [-0.3, -0.25) is 4.79 Å². The molecule has 2 aliphatic rings. The summed E-state index contributed by atoms with van der Waals surface area (Å²) in [6.45, 7) is 3.36. The number of fused-ring (bicyclic) bond motifs is 1. The van der Waals surface area contributed by atoms with Crippen molar-refractivity contribution in [3.05, 3.63) is 53.0 Å². The predicted molar refractivity (Wildman–Crippen MR) is 114 cm³/mol. The van der Waals surface area contributed by atoms with Crippen molar-refractivity contribution in [1.29, 1.82) is 0 Å². The van der Waals surface area contributed by atoms with Crippen molar-refractivity contribution in [3.63, 3.8) is 0 Å². The van der Waals surface area contributed by atoms with Crippen LogP contribution in [0.1, 0.15) is 66.0 Å². The quantitative estimate of drug-likeness (QED) is 0.752. The first-order valence-electron chi connectivity index (χ1n) is 10.5. The first-order chi connectivity index (χ1) is 14.5. The summed E-state index contributed by atoms with van der Waals surface area (Å²) >= 11 is 0. The number of rotatable bonds is 4. The SMILES string of the molecule is Cc1c(C(=O)N2CCCCCC2)oc2c1/C(=N/NS(=O)(=O)c1ccccc1)CCC2. The van der Waals surface area contributed by atoms with Crippen molar-refractivity contribution < 1.29 is 17.6 Å². The molecule has 0 spiro atoms. The lowest BCUT2D eigenvalue weighted by Crippen LogP contribution is -2.32. The van der Waals surface area contributed by atoms with Gasteiger partial charge in [0.15, 0.2) is 5.76 Å². The molecule has 0 atom stereocenters. The van der Waals surface area contributed by atoms with Gasteiger partial charge in [-0.2, -0.15) is 18.4 Å². The van der Waals surface area contributed by atoms with Crippen LogP contribution in [-0.4, -0.2) is 38.0 Å². The zero-order chi connectivity index (χ0) is 21.1. The average Bonchev–Trinajstić information content (AvgIpc) is 2.93. The molecule has 8 heteroatoms. The van der Waals surface area contributed by atoms with Gasteiger partial charge in [-0.15, -0.1) is 0 Å². The molecule has 1 fully saturated rings. The van der Waals surface area contributed by atoms with Crippen LogP contribution in [0.3, 0.4) is 0 Å². The van der Waals surface area contributed by atoms with Gasteiger partial charge in [0.2, 0.25) is 0 Å². The van der Waals surface area contributed by atoms with Crippen molar-refractivity contribution in [3.8, 4) is 0 Å². The Morgan fingerprint density at radius 3 is 2.43 bits per heavy atom. The molecule has 2 heterocycles. The van der Waals surface area contributed by atoms with Gasteiger partial charge < -0.3 is 9.32 Å². The normalized spacial score (nSPS) is 18.7. The maximum absolute atomic E-state index is 13.1. The number of furan rings is 1. The Bertz CT molecular complexity index is 1050. The molecule has 1 aliphatic carbocycles. The molecule has 1 amide bonds. The summed E-state index contributed by atoms with van der Waals surface area (Å²) in [5.41, 5.74) is 2.14. The van der Waals surface area contributed by atoms with E-state index in [9.17, 15) is 13.2 Å². The van der Waals surface area contributed by atoms with Crippen molar-refractivity contribution in [2.24, 2.45) is 5.10 Å². The smallest absolute Gasteiger partial charge is 0.289 e. The molecule has 0 unspecified atom stereocenters. The maximum atomic E-state index is 13.1. The molecule has 7 nitrogen and oxygen atoms in total. The van der Waals surface area contributed by atoms with E-state index in [4.69, 9.17) is 4.42 Å². The van der Waals surface area contributed by atoms with Gasteiger partial charge in [-0.05, 0) is 44.7 Å². The molecule has 4 rings (SSSR count). The number of amides is 1. The van der Waals surface area contributed by atoms with Crippen LogP contribution in [0.4, 0.5) is 0 Å². The molecule has 1 aliphatic heterocycles. The van der Waals surface area contributed by atoms with Crippen LogP contribution in [-0.2, 0) is 16.4 Å². The maximum Gasteiger partial charge on any atom is 0.289 e. The van der Waals surface area contributed by atoms with Gasteiger partial charge in [-0.25, -0.2) is 0 Å². The number of nitrogens with one attached hydrogen (secondary N) is 1. The molecule has 160 valence electrons. The second-order valence-corrected chi connectivity index (χ2v) is 9.54. The van der Waals surface area contributed by atoms with Gasteiger partial charge in [-0.1, -0.05) is 31.0 Å². The molecule has 2 aromatic rings. The highest BCUT2D eigenvalue weighted by Crippen LogP contribution is 2.31. The Hall–Kier alpha value is -2.61. The summed E-state index contributed by atoms with van der Waals surface area (Å²) in [5.74, 6) is 1.00. The number of hydrazone groups is 1. The minimum absolute atomic E-state index is 0.0759. The Morgan fingerprint density at radius 2 is 1.73 bits per heavy atom. The Kier molecular flexibility index (Phi) is 5.94. The van der Waals surface area contributed by atoms with E-state index in [1.54, 1.807) is 18.2 Å². The Morgan fingerprint density at radius 1 is 1.03 bits per heavy atom. The molecule has 1 N–H and O–H groups in total. The number of aryl methyl sites for hydroxylation is 1. The number of sulfonamides is 1. The molecule has 1 aromatic carbocycles. The lowest BCUT2D eigenvalue weighted by Gasteiger charge is -2.19. The van der Waals surface area contributed by atoms with E-state index in [2.05, 4.69) is 9.93 Å². The molecule has 1 saturated heterocycles. The zero-order valence-electron chi connectivity index (χ0n) is 17.2. The van der Waals surface area contributed by atoms with Gasteiger partial charge in [0.1, 0.15) is 5.76 Å². The summed E-state index contributed by atoms with van der Waals surface area (Å²) in [6, 6.07) is 8.14. The number of benzene rings is 1. The molecule has 30 heavy (non-hydrogen) atoms. The second kappa shape index (κ2) is 8.63. The highest BCUT2D eigenvalue weighted by molar-refractivity contribution is 7.89. The van der Waals surface area contributed by atoms with Crippen LogP contribution in [0, 0.1) is 6.92 Å². The number of likely N-dealkylation sites (tertiary alicyclic amines) is 1. The van der Waals surface area contributed by atoms with Crippen molar-refractivity contribution in [2.75, 3.05) is 13.1 Å². The molecule has 1 aromatic heterocycles. The van der Waals surface area contributed by atoms with E-state index < -0.39 is 10.0 Å². The summed E-state index contributed by atoms with van der Waals surface area (Å²) in [4.78, 5) is 17.5. The topological polar surface area (TPSA) is 92.0 Å². The van der Waals surface area contributed by atoms with Crippen molar-refractivity contribution in [1.82, 2.24) is 9.73 Å². The average molecular weight is 430 g/mol. The van der Waals surface area contributed by atoms with Crippen LogP contribution in [0.2, 0.25) is 0 Å². The van der Waals surface area contributed by atoms with Gasteiger partial charge in [0.25, 0.3) is 15.9 Å². The summed E-state index contributed by atoms with van der Waals surface area (Å²) in [5, 5.41) is 4.23. The molecule has 0 saturated carbocycles. The van der Waals surface area contributed by atoms with E-state index in [1.807, 2.05) is 11.8 Å². The van der Waals surface area contributed by atoms with Crippen molar-refractivity contribution in [2.45, 2.75) is 56.8 Å². The third kappa shape index (κ3) is 4.14. The Balaban J connectivity index is 1.61. The lowest BCUT2D eigenvalue weighted by atomic mass is 9.93. The van der Waals surface area contributed by atoms with E-state index >= 15 is 0 Å². The van der Waals surface area contributed by atoms with E-state index in [-0.39, 0.29) is 10.8 Å². The van der Waals surface area contributed by atoms with Crippen LogP contribution in [0.25, 0.3) is 0 Å². The standard InChI is InChI=1S/C22H27N3O4S/c1-16-20-18(23-24-30(27,28)17-10-5-4-6-11-17)12-9-13-19(20)29-21(16)22(26)25-14-7-2-3-8-15-25/h4-6,10-11,24H,2-3,7-9,12-15H2,1H3/b23-18+. The van der Waals surface area contributed by atoms with Crippen LogP contribution in [0.15, 0.2) is 44.7 Å². The summed E-state index contributed by atoms with van der Waals surface area (Å²) < 4.78 is 31.0. The van der Waals surface area contributed by atoms with E-state index in [1.165, 1.54) is 12.1 Å². The molecule has 0 radical (unpaired) electrons. The van der Waals surface area contributed by atoms with Crippen LogP contribution >= 0.6 is 0 Å². The fourth-order valence-electron chi connectivity index (χ4n) is 4.17. The lowest BCUT2D eigenvalue weighted by molar-refractivity contribution is 0.0726. The fraction of sp³-hybridized carbons (Fsp3) is 0.455. The monoisotopic (exact) mass is 429 g/mol. The van der Waals surface area contributed by atoms with E-state index in [0.717, 1.165) is 62.1 Å². The largest absolute Gasteiger partial charge is 0.455 e. The molecule has 0 bridgehead atoms. The number of carbonyl (C=O) groups is 1. The predicted octanol–water partition coefficient (Wildman–Crippen LogP) is 3.62. The number of hydrogen-bond donors (Lipinski definition) is 1. The third-order valence-corrected chi connectivity index (χ3v) is 6.99.